The van der Waals surface area contributed by atoms with Gasteiger partial charge in [-0.05, 0) is 19.4 Å². The topological polar surface area (TPSA) is 48.2 Å². The number of hydrogen-bond acceptors (Lipinski definition) is 3. The lowest BCUT2D eigenvalue weighted by molar-refractivity contribution is 0.871. The molecule has 0 spiro atoms. The highest BCUT2D eigenvalue weighted by Crippen LogP contribution is 2.06. The largest absolute Gasteiger partial charge is 0.309 e. The van der Waals surface area contributed by atoms with Gasteiger partial charge in [0.25, 0.3) is 0 Å². The fraction of sp³-hybridized carbons (Fsp3) is 0.400. The van der Waals surface area contributed by atoms with E-state index in [1.54, 1.807) is 12.3 Å². The van der Waals surface area contributed by atoms with Crippen LogP contribution in [0, 0.1) is 11.3 Å². The second-order valence-electron chi connectivity index (χ2n) is 2.95. The van der Waals surface area contributed by atoms with Crippen molar-refractivity contribution >= 4 is 6.21 Å². The van der Waals surface area contributed by atoms with Crippen LogP contribution in [0.25, 0.3) is 0 Å². The molecule has 0 saturated carbocycles. The number of nitrogens with zero attached hydrogens (tertiary/aromatic N) is 2. The van der Waals surface area contributed by atoms with E-state index in [0.717, 1.165) is 13.1 Å². The van der Waals surface area contributed by atoms with Crippen LogP contribution in [0.3, 0.4) is 0 Å². The van der Waals surface area contributed by atoms with Gasteiger partial charge in [0.05, 0.1) is 0 Å². The van der Waals surface area contributed by atoms with Crippen LogP contribution in [0.4, 0.5) is 0 Å². The first-order chi connectivity index (χ1) is 6.27. The molecule has 0 aromatic heterocycles. The van der Waals surface area contributed by atoms with Gasteiger partial charge in [0, 0.05) is 19.3 Å². The molecule has 3 nitrogen and oxygen atoms in total. The fourth-order valence-electron chi connectivity index (χ4n) is 1.12. The van der Waals surface area contributed by atoms with Crippen LogP contribution in [0.1, 0.15) is 13.8 Å². The zero-order valence-electron chi connectivity index (χ0n) is 7.96. The van der Waals surface area contributed by atoms with E-state index in [0.29, 0.717) is 5.70 Å². The van der Waals surface area contributed by atoms with E-state index in [1.165, 1.54) is 11.1 Å². The lowest BCUT2D eigenvalue weighted by Gasteiger charge is -1.92. The minimum Gasteiger partial charge on any atom is -0.309 e. The summed E-state index contributed by atoms with van der Waals surface area (Å²) < 4.78 is 0. The van der Waals surface area contributed by atoms with Crippen LogP contribution < -0.4 is 5.32 Å². The van der Waals surface area contributed by atoms with Crippen molar-refractivity contribution in [2.24, 2.45) is 4.99 Å². The third-order valence-electron chi connectivity index (χ3n) is 2.00. The van der Waals surface area contributed by atoms with Gasteiger partial charge in [-0.2, -0.15) is 5.26 Å². The molecule has 13 heavy (non-hydrogen) atoms. The van der Waals surface area contributed by atoms with E-state index in [1.807, 2.05) is 13.0 Å². The number of nitrogens with one attached hydrogen (secondary N) is 1. The molecule has 1 aliphatic heterocycles. The molecule has 0 atom stereocenters. The molecule has 1 aliphatic rings. The van der Waals surface area contributed by atoms with Crippen molar-refractivity contribution in [2.45, 2.75) is 13.8 Å². The SMILES string of the molecule is CC=C(C#N)N=CC1=C(C)CNC1. The summed E-state index contributed by atoms with van der Waals surface area (Å²) in [6.45, 7) is 5.67. The normalized spacial score (nSPS) is 18.4. The molecule has 68 valence electrons. The van der Waals surface area contributed by atoms with Crippen molar-refractivity contribution < 1.29 is 0 Å². The molecule has 0 aromatic carbocycles. The highest BCUT2D eigenvalue weighted by molar-refractivity contribution is 5.82. The highest BCUT2D eigenvalue weighted by Gasteiger charge is 2.06. The van der Waals surface area contributed by atoms with Crippen molar-refractivity contribution in [1.82, 2.24) is 5.32 Å². The summed E-state index contributed by atoms with van der Waals surface area (Å²) in [6.07, 6.45) is 3.47. The summed E-state index contributed by atoms with van der Waals surface area (Å²) in [5.74, 6) is 0. The summed E-state index contributed by atoms with van der Waals surface area (Å²) in [7, 11) is 0. The molecule has 0 aromatic rings. The van der Waals surface area contributed by atoms with Crippen LogP contribution in [0.15, 0.2) is 27.9 Å². The van der Waals surface area contributed by atoms with Gasteiger partial charge in [-0.1, -0.05) is 11.6 Å². The Bertz CT molecular complexity index is 316. The predicted molar refractivity (Wildman–Crippen MR) is 53.4 cm³/mol. The van der Waals surface area contributed by atoms with Gasteiger partial charge >= 0.3 is 0 Å². The van der Waals surface area contributed by atoms with Gasteiger partial charge in [0.15, 0.2) is 0 Å². The zero-order chi connectivity index (χ0) is 9.68. The Morgan fingerprint density at radius 2 is 2.38 bits per heavy atom. The minimum absolute atomic E-state index is 0.465. The number of rotatable bonds is 2. The quantitative estimate of drug-likeness (QED) is 0.509. The second kappa shape index (κ2) is 4.58. The molecule has 0 radical (unpaired) electrons. The van der Waals surface area contributed by atoms with Crippen molar-refractivity contribution in [1.29, 1.82) is 5.26 Å². The van der Waals surface area contributed by atoms with E-state index in [4.69, 9.17) is 5.26 Å². The van der Waals surface area contributed by atoms with Gasteiger partial charge in [0.2, 0.25) is 0 Å². The molecule has 0 saturated heterocycles. The molecule has 1 N–H and O–H groups in total. The Labute approximate surface area is 78.5 Å². The Kier molecular flexibility index (Phi) is 3.41. The van der Waals surface area contributed by atoms with E-state index >= 15 is 0 Å². The minimum atomic E-state index is 0.465. The molecular weight excluding hydrogens is 162 g/mol. The summed E-state index contributed by atoms with van der Waals surface area (Å²) in [5.41, 5.74) is 2.96. The number of nitriles is 1. The van der Waals surface area contributed by atoms with Gasteiger partial charge in [0.1, 0.15) is 11.8 Å². The van der Waals surface area contributed by atoms with Gasteiger partial charge < -0.3 is 5.32 Å². The van der Waals surface area contributed by atoms with E-state index < -0.39 is 0 Å². The first-order valence-electron chi connectivity index (χ1n) is 4.27. The lowest BCUT2D eigenvalue weighted by atomic mass is 10.2. The Morgan fingerprint density at radius 1 is 1.62 bits per heavy atom. The second-order valence-corrected chi connectivity index (χ2v) is 2.95. The first-order valence-corrected chi connectivity index (χ1v) is 4.27. The van der Waals surface area contributed by atoms with Crippen LogP contribution in [0.2, 0.25) is 0 Å². The maximum Gasteiger partial charge on any atom is 0.136 e. The Morgan fingerprint density at radius 3 is 2.85 bits per heavy atom. The molecule has 1 heterocycles. The van der Waals surface area contributed by atoms with E-state index in [2.05, 4.69) is 17.2 Å². The first kappa shape index (κ1) is 9.69. The summed E-state index contributed by atoms with van der Waals surface area (Å²) in [4.78, 5) is 4.07. The van der Waals surface area contributed by atoms with Crippen LogP contribution in [0.5, 0.6) is 0 Å². The average molecular weight is 175 g/mol. The predicted octanol–water partition coefficient (Wildman–Crippen LogP) is 1.40. The standard InChI is InChI=1S/C10H13N3/c1-3-10(4-11)13-7-9-6-12-5-8(9)2/h3,7,12H,5-6H2,1-2H3. The fourth-order valence-corrected chi connectivity index (χ4v) is 1.12. The lowest BCUT2D eigenvalue weighted by Crippen LogP contribution is -2.08. The van der Waals surface area contributed by atoms with Crippen LogP contribution in [-0.4, -0.2) is 19.3 Å². The Hall–Kier alpha value is -1.40. The molecule has 0 unspecified atom stereocenters. The van der Waals surface area contributed by atoms with Crippen molar-refractivity contribution in [3.8, 4) is 6.07 Å². The van der Waals surface area contributed by atoms with Gasteiger partial charge in [-0.3, -0.25) is 0 Å². The molecule has 0 fully saturated rings. The smallest absolute Gasteiger partial charge is 0.136 e. The highest BCUT2D eigenvalue weighted by atomic mass is 14.9. The molecule has 3 heteroatoms. The maximum absolute atomic E-state index is 8.60. The Balaban J connectivity index is 2.69. The van der Waals surface area contributed by atoms with Gasteiger partial charge in [-0.25, -0.2) is 4.99 Å². The summed E-state index contributed by atoms with van der Waals surface area (Å²) in [5, 5.41) is 11.8. The number of aliphatic imine (C=N–C) groups is 1. The summed E-state index contributed by atoms with van der Waals surface area (Å²) >= 11 is 0. The average Bonchev–Trinajstić information content (AvgIpc) is 2.54. The van der Waals surface area contributed by atoms with Gasteiger partial charge in [-0.15, -0.1) is 0 Å². The third-order valence-corrected chi connectivity index (χ3v) is 2.00. The number of hydrogen-bond donors (Lipinski definition) is 1. The summed E-state index contributed by atoms with van der Waals surface area (Å²) in [6, 6.07) is 2.01. The monoisotopic (exact) mass is 175 g/mol. The molecule has 0 bridgehead atoms. The van der Waals surface area contributed by atoms with E-state index in [9.17, 15) is 0 Å². The zero-order valence-corrected chi connectivity index (χ0v) is 7.96. The van der Waals surface area contributed by atoms with E-state index in [-0.39, 0.29) is 0 Å². The molecule has 0 amide bonds. The van der Waals surface area contributed by atoms with Crippen molar-refractivity contribution in [3.63, 3.8) is 0 Å². The van der Waals surface area contributed by atoms with Crippen molar-refractivity contribution in [2.75, 3.05) is 13.1 Å². The number of allylic oxidation sites excluding steroid dienone is 2. The van der Waals surface area contributed by atoms with Crippen molar-refractivity contribution in [3.05, 3.63) is 22.9 Å². The third kappa shape index (κ3) is 2.53. The maximum atomic E-state index is 8.60. The molecule has 1 rings (SSSR count). The van der Waals surface area contributed by atoms with Crippen LogP contribution in [-0.2, 0) is 0 Å². The van der Waals surface area contributed by atoms with Crippen LogP contribution >= 0.6 is 0 Å². The molecular formula is C10H13N3. The molecule has 0 aliphatic carbocycles.